The van der Waals surface area contributed by atoms with Gasteiger partial charge in [0.05, 0.1) is 43.1 Å². The van der Waals surface area contributed by atoms with E-state index in [0.717, 1.165) is 88.0 Å². The smallest absolute Gasteiger partial charge is 0.308 e. The maximum atomic E-state index is 13.9. The van der Waals surface area contributed by atoms with Crippen LogP contribution < -0.4 is 10.9 Å². The van der Waals surface area contributed by atoms with Gasteiger partial charge in [-0.1, -0.05) is 0 Å². The van der Waals surface area contributed by atoms with Gasteiger partial charge in [-0.2, -0.15) is 11.8 Å². The van der Waals surface area contributed by atoms with Gasteiger partial charge in [0.15, 0.2) is 0 Å². The molecular weight excluding hydrogens is 612 g/mol. The molecule has 250 valence electrons. The predicted octanol–water partition coefficient (Wildman–Crippen LogP) is 4.03. The first-order chi connectivity index (χ1) is 21.7. The van der Waals surface area contributed by atoms with Crippen molar-refractivity contribution in [3.63, 3.8) is 0 Å². The minimum atomic E-state index is -0.698. The van der Waals surface area contributed by atoms with Crippen molar-refractivity contribution in [1.82, 2.24) is 19.8 Å². The SMILES string of the molecule is Cc1nc2c(c(=O)n1CCOC1CCC(Cl)CC1C1CC(C)NC3C(C(=O)O)CSC13)CC(N1CCC(OC3CC3)CC1)CC2. The van der Waals surface area contributed by atoms with Crippen molar-refractivity contribution in [2.45, 2.75) is 138 Å². The molecule has 0 radical (unpaired) electrons. The van der Waals surface area contributed by atoms with E-state index < -0.39 is 5.97 Å². The number of piperidine rings is 2. The number of nitrogens with one attached hydrogen (secondary N) is 1. The number of thioether (sulfide) groups is 1. The van der Waals surface area contributed by atoms with Crippen molar-refractivity contribution >= 4 is 29.3 Å². The molecule has 0 aromatic carbocycles. The van der Waals surface area contributed by atoms with E-state index in [-0.39, 0.29) is 46.2 Å². The van der Waals surface area contributed by atoms with Gasteiger partial charge in [0, 0.05) is 53.2 Å². The Morgan fingerprint density at radius 3 is 2.62 bits per heavy atom. The monoisotopic (exact) mass is 662 g/mol. The molecule has 3 saturated heterocycles. The Hall–Kier alpha value is -1.17. The first-order valence-corrected chi connectivity index (χ1v) is 19.1. The van der Waals surface area contributed by atoms with E-state index in [9.17, 15) is 14.7 Å². The lowest BCUT2D eigenvalue weighted by molar-refractivity contribution is -0.142. The number of fused-ring (bicyclic) bond motifs is 2. The number of carboxylic acids is 1. The molecule has 1 aromatic rings. The van der Waals surface area contributed by atoms with E-state index in [1.54, 1.807) is 0 Å². The number of rotatable bonds is 9. The molecule has 5 fully saturated rings. The van der Waals surface area contributed by atoms with Gasteiger partial charge in [-0.15, -0.1) is 11.6 Å². The lowest BCUT2D eigenvalue weighted by Crippen LogP contribution is -2.57. The van der Waals surface area contributed by atoms with E-state index >= 15 is 0 Å². The highest BCUT2D eigenvalue weighted by Gasteiger charge is 2.51. The fourth-order valence-corrected chi connectivity index (χ4v) is 11.3. The summed E-state index contributed by atoms with van der Waals surface area (Å²) in [6.07, 6.45) is 12.1. The minimum absolute atomic E-state index is 0.00772. The molecule has 6 aliphatic rings. The quantitative estimate of drug-likeness (QED) is 0.379. The molecule has 0 spiro atoms. The summed E-state index contributed by atoms with van der Waals surface area (Å²) >= 11 is 8.57. The summed E-state index contributed by atoms with van der Waals surface area (Å²) < 4.78 is 14.7. The zero-order valence-electron chi connectivity index (χ0n) is 26.9. The summed E-state index contributed by atoms with van der Waals surface area (Å²) in [5, 5.41) is 13.9. The van der Waals surface area contributed by atoms with Crippen LogP contribution in [0.3, 0.4) is 0 Å². The highest BCUT2D eigenvalue weighted by atomic mass is 35.5. The van der Waals surface area contributed by atoms with E-state index in [1.165, 1.54) is 12.8 Å². The fourth-order valence-electron chi connectivity index (χ4n) is 9.15. The normalized spacial score (nSPS) is 37.7. The highest BCUT2D eigenvalue weighted by molar-refractivity contribution is 8.00. The molecule has 0 bridgehead atoms. The van der Waals surface area contributed by atoms with E-state index in [0.29, 0.717) is 43.1 Å². The van der Waals surface area contributed by atoms with Crippen LogP contribution in [0.4, 0.5) is 0 Å². The molecule has 4 heterocycles. The van der Waals surface area contributed by atoms with Crippen molar-refractivity contribution < 1.29 is 19.4 Å². The lowest BCUT2D eigenvalue weighted by Gasteiger charge is -2.47. The van der Waals surface area contributed by atoms with Gasteiger partial charge < -0.3 is 19.9 Å². The third kappa shape index (κ3) is 7.02. The summed E-state index contributed by atoms with van der Waals surface area (Å²) in [5.41, 5.74) is 1.99. The summed E-state index contributed by atoms with van der Waals surface area (Å²) in [4.78, 5) is 33.4. The van der Waals surface area contributed by atoms with E-state index in [4.69, 9.17) is 26.1 Å². The minimum Gasteiger partial charge on any atom is -0.481 e. The van der Waals surface area contributed by atoms with Crippen LogP contribution in [0.1, 0.15) is 81.8 Å². The molecule has 1 aromatic heterocycles. The molecule has 9 unspecified atom stereocenters. The summed E-state index contributed by atoms with van der Waals surface area (Å²) in [6.45, 7) is 7.20. The van der Waals surface area contributed by atoms with Crippen molar-refractivity contribution in [2.75, 3.05) is 25.4 Å². The average molecular weight is 663 g/mol. The van der Waals surface area contributed by atoms with Crippen molar-refractivity contribution in [3.8, 4) is 0 Å². The van der Waals surface area contributed by atoms with Crippen molar-refractivity contribution in [3.05, 3.63) is 27.4 Å². The maximum absolute atomic E-state index is 13.9. The zero-order valence-corrected chi connectivity index (χ0v) is 28.4. The molecule has 0 amide bonds. The van der Waals surface area contributed by atoms with Crippen molar-refractivity contribution in [2.24, 2.45) is 17.8 Å². The number of alkyl halides is 1. The standard InChI is InChI=1S/C34H51ClN4O5S/c1-19-15-26(32-31(36-19)28(18-45-32)34(41)42)25-16-21(35)3-8-30(25)43-14-13-39-20(2)37-29-7-4-22(17-27(29)33(39)40)38-11-9-24(10-12-38)44-23-5-6-23/h19,21-26,28,30-32,36H,3-18H2,1-2H3,(H,41,42). The van der Waals surface area contributed by atoms with Crippen LogP contribution in [0.5, 0.6) is 0 Å². The van der Waals surface area contributed by atoms with Crippen LogP contribution in [-0.4, -0.2) is 98.0 Å². The summed E-state index contributed by atoms with van der Waals surface area (Å²) in [5.74, 6) is 1.04. The van der Waals surface area contributed by atoms with Crippen LogP contribution in [-0.2, 0) is 33.7 Å². The number of aromatic nitrogens is 2. The summed E-state index contributed by atoms with van der Waals surface area (Å²) in [6, 6.07) is 0.659. The largest absolute Gasteiger partial charge is 0.481 e. The molecule has 9 nitrogen and oxygen atoms in total. The van der Waals surface area contributed by atoms with Crippen LogP contribution in [0.15, 0.2) is 4.79 Å². The average Bonchev–Trinajstić information content (AvgIpc) is 3.74. The predicted molar refractivity (Wildman–Crippen MR) is 176 cm³/mol. The molecule has 9 atom stereocenters. The topological polar surface area (TPSA) is 106 Å². The highest BCUT2D eigenvalue weighted by Crippen LogP contribution is 2.48. The molecule has 45 heavy (non-hydrogen) atoms. The number of aryl methyl sites for hydroxylation is 2. The van der Waals surface area contributed by atoms with E-state index in [2.05, 4.69) is 17.1 Å². The Labute approximate surface area is 276 Å². The first-order valence-electron chi connectivity index (χ1n) is 17.6. The van der Waals surface area contributed by atoms with Crippen LogP contribution in [0.2, 0.25) is 0 Å². The number of halogens is 1. The van der Waals surface area contributed by atoms with Gasteiger partial charge in [-0.25, -0.2) is 4.98 Å². The number of ether oxygens (including phenoxy) is 2. The molecule has 7 rings (SSSR count). The zero-order chi connectivity index (χ0) is 31.2. The lowest BCUT2D eigenvalue weighted by atomic mass is 9.70. The second kappa shape index (κ2) is 13.7. The number of hydrogen-bond donors (Lipinski definition) is 2. The molecule has 11 heteroatoms. The number of likely N-dealkylation sites (tertiary alicyclic amines) is 1. The van der Waals surface area contributed by atoms with Gasteiger partial charge >= 0.3 is 5.97 Å². The second-order valence-electron chi connectivity index (χ2n) is 14.7. The Kier molecular flexibility index (Phi) is 9.89. The number of hydrogen-bond acceptors (Lipinski definition) is 8. The third-order valence-corrected chi connectivity index (χ3v) is 13.6. The summed E-state index contributed by atoms with van der Waals surface area (Å²) in [7, 11) is 0. The van der Waals surface area contributed by atoms with Gasteiger partial charge in [0.1, 0.15) is 5.82 Å². The molecular formula is C34H51ClN4O5S. The number of carboxylic acid groups (broad SMARTS) is 1. The number of nitrogens with zero attached hydrogens (tertiary/aromatic N) is 3. The number of aliphatic carboxylic acids is 1. The molecule has 3 aliphatic heterocycles. The number of carbonyl (C=O) groups is 1. The maximum Gasteiger partial charge on any atom is 0.308 e. The van der Waals surface area contributed by atoms with Crippen LogP contribution in [0.25, 0.3) is 0 Å². The van der Waals surface area contributed by atoms with Crippen LogP contribution in [0, 0.1) is 24.7 Å². The molecule has 3 aliphatic carbocycles. The van der Waals surface area contributed by atoms with Gasteiger partial charge in [0.25, 0.3) is 5.56 Å². The first kappa shape index (κ1) is 32.4. The fraction of sp³-hybridized carbons (Fsp3) is 0.853. The third-order valence-electron chi connectivity index (χ3n) is 11.7. The second-order valence-corrected chi connectivity index (χ2v) is 16.6. The van der Waals surface area contributed by atoms with Gasteiger partial charge in [-0.3, -0.25) is 19.1 Å². The van der Waals surface area contributed by atoms with Crippen molar-refractivity contribution in [1.29, 1.82) is 0 Å². The van der Waals surface area contributed by atoms with Gasteiger partial charge in [-0.05, 0) is 96.3 Å². The Bertz CT molecular complexity index is 1290. The molecule has 2 N–H and O–H groups in total. The Balaban J connectivity index is 0.992. The van der Waals surface area contributed by atoms with E-state index in [1.807, 2.05) is 23.3 Å². The Morgan fingerprint density at radius 1 is 1.09 bits per heavy atom. The molecule has 2 saturated carbocycles. The van der Waals surface area contributed by atoms with Crippen LogP contribution >= 0.6 is 23.4 Å². The van der Waals surface area contributed by atoms with Gasteiger partial charge in [0.2, 0.25) is 0 Å². The Morgan fingerprint density at radius 2 is 1.87 bits per heavy atom.